The van der Waals surface area contributed by atoms with Gasteiger partial charge in [0.15, 0.2) is 0 Å². The maximum atomic E-state index is 10.3. The summed E-state index contributed by atoms with van der Waals surface area (Å²) in [5, 5.41) is 9.18. The minimum atomic E-state index is -4.15. The fourth-order valence-corrected chi connectivity index (χ4v) is 1.38. The summed E-state index contributed by atoms with van der Waals surface area (Å²) >= 11 is 0. The molecular weight excluding hydrogens is 219 g/mol. The molecule has 0 amide bonds. The predicted octanol–water partition coefficient (Wildman–Crippen LogP) is -3.06. The van der Waals surface area contributed by atoms with Gasteiger partial charge in [0, 0.05) is 0 Å². The molecule has 0 rings (SSSR count). The molecule has 0 aromatic carbocycles. The van der Waals surface area contributed by atoms with Crippen LogP contribution in [0.3, 0.4) is 0 Å². The van der Waals surface area contributed by atoms with Gasteiger partial charge in [-0.1, -0.05) is 6.08 Å². The quantitative estimate of drug-likeness (QED) is 0.290. The van der Waals surface area contributed by atoms with E-state index in [1.807, 2.05) is 0 Å². The Balaban J connectivity index is -0.000000720. The molecule has 0 radical (unpaired) electrons. The van der Waals surface area contributed by atoms with E-state index in [2.05, 4.69) is 6.58 Å². The van der Waals surface area contributed by atoms with Crippen molar-refractivity contribution in [1.82, 2.24) is 0 Å². The Morgan fingerprint density at radius 3 is 2.50 bits per heavy atom. The van der Waals surface area contributed by atoms with Crippen molar-refractivity contribution in [2.75, 3.05) is 12.4 Å². The van der Waals surface area contributed by atoms with Crippen molar-refractivity contribution < 1.29 is 53.8 Å². The van der Waals surface area contributed by atoms with Gasteiger partial charge in [-0.05, 0) is 6.92 Å². The van der Waals surface area contributed by atoms with Gasteiger partial charge in [0.05, 0.1) is 18.8 Å². The monoisotopic (exact) mass is 234 g/mol. The maximum absolute atomic E-state index is 10.3. The Morgan fingerprint density at radius 2 is 2.14 bits per heavy atom. The van der Waals surface area contributed by atoms with Gasteiger partial charge in [0.1, 0.15) is 5.75 Å². The first-order valence-corrected chi connectivity index (χ1v) is 5.33. The minimum Gasteiger partial charge on any atom is -1.00 e. The molecule has 0 spiro atoms. The summed E-state index contributed by atoms with van der Waals surface area (Å²) in [5.41, 5.74) is 0. The average Bonchev–Trinajstić information content (AvgIpc) is 1.96. The third kappa shape index (κ3) is 9.14. The molecule has 0 aromatic heterocycles. The molecule has 0 aromatic rings. The van der Waals surface area contributed by atoms with Crippen LogP contribution in [0, 0.1) is 0 Å². The summed E-state index contributed by atoms with van der Waals surface area (Å²) in [6.07, 6.45) is -0.397. The number of rotatable bonds is 6. The maximum Gasteiger partial charge on any atom is 1.00 e. The summed E-state index contributed by atoms with van der Waals surface area (Å²) in [6.45, 7) is 5.13. The molecule has 0 aliphatic carbocycles. The smallest absolute Gasteiger partial charge is 1.00 e. The number of aliphatic hydroxyl groups excluding tert-OH is 1. The number of hydrogen-bond acceptors (Lipinski definition) is 4. The van der Waals surface area contributed by atoms with Crippen molar-refractivity contribution in [3.8, 4) is 0 Å². The van der Waals surface area contributed by atoms with Crippen molar-refractivity contribution in [1.29, 1.82) is 0 Å². The molecule has 2 atom stereocenters. The fourth-order valence-electron chi connectivity index (χ4n) is 0.682. The van der Waals surface area contributed by atoms with E-state index in [1.165, 1.54) is 13.0 Å². The van der Waals surface area contributed by atoms with Crippen LogP contribution in [-0.2, 0) is 14.9 Å². The zero-order valence-corrected chi connectivity index (χ0v) is 11.2. The van der Waals surface area contributed by atoms with Gasteiger partial charge in [-0.3, -0.25) is 4.55 Å². The molecule has 0 saturated carbocycles. The second-order valence-corrected chi connectivity index (χ2v) is 4.14. The molecule has 2 unspecified atom stereocenters. The molecule has 0 fully saturated rings. The molecule has 0 bridgehead atoms. The topological polar surface area (TPSA) is 83.8 Å². The van der Waals surface area contributed by atoms with Crippen molar-refractivity contribution in [3.05, 3.63) is 12.7 Å². The summed E-state index contributed by atoms with van der Waals surface area (Å²) in [6, 6.07) is 0. The standard InChI is InChI=1S/C7H14O5S.Na.H/c1-3-4-12-6(2)7(8)5-13(9,10)11;;/h3,6-8H,1,4-5H2,2H3,(H,9,10,11);;/q;+1;-1. The number of aliphatic hydroxyl groups is 1. The first kappa shape index (κ1) is 17.0. The van der Waals surface area contributed by atoms with Crippen LogP contribution in [0.25, 0.3) is 0 Å². The summed E-state index contributed by atoms with van der Waals surface area (Å²) in [5.74, 6) is -0.717. The van der Waals surface area contributed by atoms with Crippen LogP contribution < -0.4 is 29.6 Å². The molecular formula is C7H15NaO5S. The molecule has 0 saturated heterocycles. The summed E-state index contributed by atoms with van der Waals surface area (Å²) in [4.78, 5) is 0. The van der Waals surface area contributed by atoms with E-state index < -0.39 is 28.1 Å². The molecule has 7 heteroatoms. The zero-order valence-electron chi connectivity index (χ0n) is 9.38. The van der Waals surface area contributed by atoms with Gasteiger partial charge in [-0.2, -0.15) is 8.42 Å². The zero-order chi connectivity index (χ0) is 10.5. The first-order chi connectivity index (χ1) is 5.87. The van der Waals surface area contributed by atoms with E-state index in [9.17, 15) is 13.5 Å². The second kappa shape index (κ2) is 7.81. The van der Waals surface area contributed by atoms with Crippen LogP contribution >= 0.6 is 0 Å². The third-order valence-electron chi connectivity index (χ3n) is 1.40. The van der Waals surface area contributed by atoms with Crippen molar-refractivity contribution in [2.45, 2.75) is 19.1 Å². The Labute approximate surface area is 108 Å². The summed E-state index contributed by atoms with van der Waals surface area (Å²) < 4.78 is 34.0. The SMILES string of the molecule is C=CCOC(C)C(O)CS(=O)(=O)O.[H-].[Na+]. The molecule has 0 aliphatic heterocycles. The third-order valence-corrected chi connectivity index (χ3v) is 2.16. The van der Waals surface area contributed by atoms with Crippen LogP contribution in [0.1, 0.15) is 8.35 Å². The molecule has 0 heterocycles. The van der Waals surface area contributed by atoms with Gasteiger partial charge < -0.3 is 11.3 Å². The largest absolute Gasteiger partial charge is 1.00 e. The van der Waals surface area contributed by atoms with E-state index in [1.54, 1.807) is 0 Å². The second-order valence-electron chi connectivity index (χ2n) is 2.64. The van der Waals surface area contributed by atoms with Crippen LogP contribution in [0.2, 0.25) is 0 Å². The van der Waals surface area contributed by atoms with E-state index in [0.717, 1.165) is 0 Å². The normalized spacial score (nSPS) is 15.4. The first-order valence-electron chi connectivity index (χ1n) is 3.72. The minimum absolute atomic E-state index is 0. The van der Waals surface area contributed by atoms with Crippen molar-refractivity contribution in [3.63, 3.8) is 0 Å². The van der Waals surface area contributed by atoms with Gasteiger partial charge >= 0.3 is 29.6 Å². The van der Waals surface area contributed by atoms with Gasteiger partial charge in [-0.25, -0.2) is 0 Å². The predicted molar refractivity (Wildman–Crippen MR) is 49.1 cm³/mol. The molecule has 80 valence electrons. The Morgan fingerprint density at radius 1 is 1.64 bits per heavy atom. The summed E-state index contributed by atoms with van der Waals surface area (Å²) in [7, 11) is -4.15. The Hall–Kier alpha value is 0.570. The molecule has 2 N–H and O–H groups in total. The number of hydrogen-bond donors (Lipinski definition) is 2. The molecule has 0 aliphatic rings. The van der Waals surface area contributed by atoms with E-state index in [4.69, 9.17) is 9.29 Å². The van der Waals surface area contributed by atoms with Crippen molar-refractivity contribution >= 4 is 10.1 Å². The van der Waals surface area contributed by atoms with E-state index >= 15 is 0 Å². The average molecular weight is 234 g/mol. The van der Waals surface area contributed by atoms with Crippen LogP contribution in [0.4, 0.5) is 0 Å². The van der Waals surface area contributed by atoms with Crippen LogP contribution in [0.5, 0.6) is 0 Å². The Bertz CT molecular complexity index is 256. The van der Waals surface area contributed by atoms with E-state index in [-0.39, 0.29) is 37.6 Å². The van der Waals surface area contributed by atoms with Gasteiger partial charge in [0.25, 0.3) is 10.1 Å². The van der Waals surface area contributed by atoms with Gasteiger partial charge in [-0.15, -0.1) is 6.58 Å². The Kier molecular flexibility index (Phi) is 9.47. The molecule has 14 heavy (non-hydrogen) atoms. The van der Waals surface area contributed by atoms with Crippen molar-refractivity contribution in [2.24, 2.45) is 0 Å². The van der Waals surface area contributed by atoms with Crippen LogP contribution in [0.15, 0.2) is 12.7 Å². The van der Waals surface area contributed by atoms with Gasteiger partial charge in [0.2, 0.25) is 0 Å². The van der Waals surface area contributed by atoms with Crippen LogP contribution in [-0.4, -0.2) is 42.6 Å². The fraction of sp³-hybridized carbons (Fsp3) is 0.714. The number of ether oxygens (including phenoxy) is 1. The molecule has 5 nitrogen and oxygen atoms in total. The van der Waals surface area contributed by atoms with E-state index in [0.29, 0.717) is 0 Å².